The third kappa shape index (κ3) is 3.61. The summed E-state index contributed by atoms with van der Waals surface area (Å²) in [5, 5.41) is 0. The maximum atomic E-state index is 12.2. The number of anilines is 1. The second kappa shape index (κ2) is 6.52. The van der Waals surface area contributed by atoms with Crippen LogP contribution in [0.25, 0.3) is 0 Å². The fraction of sp³-hybridized carbons (Fsp3) is 0.188. The maximum absolute atomic E-state index is 12.2. The van der Waals surface area contributed by atoms with Crippen LogP contribution >= 0.6 is 0 Å². The van der Waals surface area contributed by atoms with Crippen LogP contribution in [-0.4, -0.2) is 38.0 Å². The minimum absolute atomic E-state index is 0.320. The van der Waals surface area contributed by atoms with Crippen molar-refractivity contribution in [1.29, 1.82) is 0 Å². The zero-order chi connectivity index (χ0) is 18.0. The van der Waals surface area contributed by atoms with E-state index in [1.165, 1.54) is 16.6 Å². The standard InChI is InChI=1S/C16H16N4O4S/c1-25(23,24)20-8-6-11-9-12(4-5-14(11)20)15(21)18-19-16(22)13-3-2-7-17-10-13/h2-5,7,9-10H,6,8H2,1H3,(H,18,21)(H,19,22). The number of hydrazine groups is 1. The first kappa shape index (κ1) is 16.9. The smallest absolute Gasteiger partial charge is 0.270 e. The summed E-state index contributed by atoms with van der Waals surface area (Å²) in [7, 11) is -3.33. The molecule has 0 atom stereocenters. The van der Waals surface area contributed by atoms with Gasteiger partial charge in [-0.15, -0.1) is 0 Å². The van der Waals surface area contributed by atoms with Crippen molar-refractivity contribution >= 4 is 27.5 Å². The van der Waals surface area contributed by atoms with Gasteiger partial charge in [0, 0.05) is 24.5 Å². The molecule has 130 valence electrons. The van der Waals surface area contributed by atoms with Crippen LogP contribution in [0.3, 0.4) is 0 Å². The van der Waals surface area contributed by atoms with Crippen molar-refractivity contribution in [1.82, 2.24) is 15.8 Å². The van der Waals surface area contributed by atoms with Gasteiger partial charge in [0.15, 0.2) is 0 Å². The summed E-state index contributed by atoms with van der Waals surface area (Å²) in [6, 6.07) is 7.94. The normalized spacial score (nSPS) is 13.2. The van der Waals surface area contributed by atoms with Crippen LogP contribution in [0.2, 0.25) is 0 Å². The van der Waals surface area contributed by atoms with Crippen LogP contribution in [0.4, 0.5) is 5.69 Å². The molecule has 2 aromatic rings. The van der Waals surface area contributed by atoms with Crippen molar-refractivity contribution in [3.05, 3.63) is 59.4 Å². The highest BCUT2D eigenvalue weighted by Crippen LogP contribution is 2.30. The zero-order valence-electron chi connectivity index (χ0n) is 13.4. The highest BCUT2D eigenvalue weighted by atomic mass is 32.2. The first-order valence-corrected chi connectivity index (χ1v) is 9.32. The molecule has 1 aliphatic heterocycles. The number of sulfonamides is 1. The number of pyridine rings is 1. The van der Waals surface area contributed by atoms with Gasteiger partial charge in [-0.1, -0.05) is 0 Å². The predicted octanol–water partition coefficient (Wildman–Crippen LogP) is 0.479. The quantitative estimate of drug-likeness (QED) is 0.774. The number of carbonyl (C=O) groups excluding carboxylic acids is 2. The van der Waals surface area contributed by atoms with Gasteiger partial charge in [0.25, 0.3) is 11.8 Å². The number of hydrogen-bond donors (Lipinski definition) is 2. The van der Waals surface area contributed by atoms with Gasteiger partial charge in [0.05, 0.1) is 17.5 Å². The van der Waals surface area contributed by atoms with E-state index in [-0.39, 0.29) is 0 Å². The molecule has 0 bridgehead atoms. The Morgan fingerprint density at radius 2 is 1.84 bits per heavy atom. The van der Waals surface area contributed by atoms with Crippen LogP contribution in [-0.2, 0) is 16.4 Å². The highest BCUT2D eigenvalue weighted by Gasteiger charge is 2.26. The fourth-order valence-electron chi connectivity index (χ4n) is 2.61. The number of amides is 2. The van der Waals surface area contributed by atoms with Gasteiger partial charge >= 0.3 is 0 Å². The molecule has 9 heteroatoms. The van der Waals surface area contributed by atoms with Gasteiger partial charge in [-0.3, -0.25) is 29.7 Å². The summed E-state index contributed by atoms with van der Waals surface area (Å²) in [6.45, 7) is 0.358. The SMILES string of the molecule is CS(=O)(=O)N1CCc2cc(C(=O)NNC(=O)c3cccnc3)ccc21. The summed E-state index contributed by atoms with van der Waals surface area (Å²) >= 11 is 0. The number of nitrogens with zero attached hydrogens (tertiary/aromatic N) is 2. The average molecular weight is 360 g/mol. The van der Waals surface area contributed by atoms with Crippen LogP contribution in [0, 0.1) is 0 Å². The Morgan fingerprint density at radius 3 is 2.48 bits per heavy atom. The molecule has 2 amide bonds. The summed E-state index contributed by atoms with van der Waals surface area (Å²) in [4.78, 5) is 27.9. The van der Waals surface area contributed by atoms with Crippen LogP contribution in [0.5, 0.6) is 0 Å². The Balaban J connectivity index is 1.69. The Hall–Kier alpha value is -2.94. The lowest BCUT2D eigenvalue weighted by molar-refractivity contribution is 0.0846. The monoisotopic (exact) mass is 360 g/mol. The Bertz CT molecular complexity index is 928. The molecule has 2 heterocycles. The minimum atomic E-state index is -3.33. The Labute approximate surface area is 144 Å². The minimum Gasteiger partial charge on any atom is -0.270 e. The molecule has 0 aliphatic carbocycles. The van der Waals surface area contributed by atoms with E-state index in [0.29, 0.717) is 29.8 Å². The second-order valence-corrected chi connectivity index (χ2v) is 7.49. The fourth-order valence-corrected chi connectivity index (χ4v) is 3.57. The van der Waals surface area contributed by atoms with Gasteiger partial charge in [-0.2, -0.15) is 0 Å². The molecule has 0 radical (unpaired) electrons. The zero-order valence-corrected chi connectivity index (χ0v) is 14.2. The van der Waals surface area contributed by atoms with Crippen molar-refractivity contribution in [2.24, 2.45) is 0 Å². The number of fused-ring (bicyclic) bond motifs is 1. The second-order valence-electron chi connectivity index (χ2n) is 5.58. The number of benzene rings is 1. The predicted molar refractivity (Wildman–Crippen MR) is 91.5 cm³/mol. The molecule has 1 aromatic carbocycles. The number of nitrogens with one attached hydrogen (secondary N) is 2. The van der Waals surface area contributed by atoms with Crippen LogP contribution in [0.1, 0.15) is 26.3 Å². The Kier molecular flexibility index (Phi) is 4.41. The van der Waals surface area contributed by atoms with E-state index < -0.39 is 21.8 Å². The first-order chi connectivity index (χ1) is 11.9. The summed E-state index contributed by atoms with van der Waals surface area (Å²) in [5.74, 6) is -0.969. The number of carbonyl (C=O) groups is 2. The van der Waals surface area contributed by atoms with Crippen molar-refractivity contribution < 1.29 is 18.0 Å². The molecule has 0 saturated heterocycles. The molecule has 1 aromatic heterocycles. The van der Waals surface area contributed by atoms with Gasteiger partial charge < -0.3 is 0 Å². The van der Waals surface area contributed by atoms with Crippen molar-refractivity contribution in [3.8, 4) is 0 Å². The first-order valence-electron chi connectivity index (χ1n) is 7.47. The van der Waals surface area contributed by atoms with E-state index >= 15 is 0 Å². The van der Waals surface area contributed by atoms with Gasteiger partial charge in [-0.25, -0.2) is 8.42 Å². The van der Waals surface area contributed by atoms with Crippen molar-refractivity contribution in [2.45, 2.75) is 6.42 Å². The molecular formula is C16H16N4O4S. The van der Waals surface area contributed by atoms with Crippen molar-refractivity contribution in [3.63, 3.8) is 0 Å². The Morgan fingerprint density at radius 1 is 1.12 bits per heavy atom. The van der Waals surface area contributed by atoms with Gasteiger partial charge in [0.1, 0.15) is 0 Å². The lowest BCUT2D eigenvalue weighted by Crippen LogP contribution is -2.41. The number of aromatic nitrogens is 1. The topological polar surface area (TPSA) is 108 Å². The molecule has 0 fully saturated rings. The summed E-state index contributed by atoms with van der Waals surface area (Å²) in [6.07, 6.45) is 4.61. The number of hydrogen-bond acceptors (Lipinski definition) is 5. The van der Waals surface area contributed by atoms with E-state index in [4.69, 9.17) is 0 Å². The lowest BCUT2D eigenvalue weighted by atomic mass is 10.1. The lowest BCUT2D eigenvalue weighted by Gasteiger charge is -2.16. The van der Waals surface area contributed by atoms with E-state index in [9.17, 15) is 18.0 Å². The van der Waals surface area contributed by atoms with Crippen LogP contribution < -0.4 is 15.2 Å². The molecule has 1 aliphatic rings. The van der Waals surface area contributed by atoms with E-state index in [0.717, 1.165) is 11.8 Å². The molecule has 0 saturated carbocycles. The third-order valence-electron chi connectivity index (χ3n) is 3.81. The molecule has 0 unspecified atom stereocenters. The molecule has 25 heavy (non-hydrogen) atoms. The van der Waals surface area contributed by atoms with E-state index in [2.05, 4.69) is 15.8 Å². The van der Waals surface area contributed by atoms with Gasteiger partial charge in [-0.05, 0) is 42.3 Å². The molecule has 0 spiro atoms. The van der Waals surface area contributed by atoms with E-state index in [1.54, 1.807) is 30.5 Å². The summed E-state index contributed by atoms with van der Waals surface area (Å²) in [5.41, 5.74) is 6.66. The molecule has 3 rings (SSSR count). The maximum Gasteiger partial charge on any atom is 0.271 e. The highest BCUT2D eigenvalue weighted by molar-refractivity contribution is 7.92. The van der Waals surface area contributed by atoms with E-state index in [1.807, 2.05) is 0 Å². The molecular weight excluding hydrogens is 344 g/mol. The number of rotatable bonds is 3. The van der Waals surface area contributed by atoms with Crippen LogP contribution in [0.15, 0.2) is 42.7 Å². The van der Waals surface area contributed by atoms with Gasteiger partial charge in [0.2, 0.25) is 10.0 Å². The third-order valence-corrected chi connectivity index (χ3v) is 4.99. The molecule has 8 nitrogen and oxygen atoms in total. The molecule has 2 N–H and O–H groups in total. The van der Waals surface area contributed by atoms with Crippen molar-refractivity contribution in [2.75, 3.05) is 17.1 Å². The summed E-state index contributed by atoms with van der Waals surface area (Å²) < 4.78 is 24.8. The average Bonchev–Trinajstić information content (AvgIpc) is 3.03. The largest absolute Gasteiger partial charge is 0.271 e.